The van der Waals surface area contributed by atoms with Crippen molar-refractivity contribution in [2.45, 2.75) is 38.9 Å². The Morgan fingerprint density at radius 2 is 2.00 bits per heavy atom. The molecule has 1 aromatic carbocycles. The number of carbonyl (C=O) groups is 2. The maximum atomic E-state index is 13.1. The molecule has 0 atom stereocenters. The topological polar surface area (TPSA) is 80.4 Å². The zero-order valence-electron chi connectivity index (χ0n) is 16.4. The number of amides is 2. The molecule has 0 bridgehead atoms. The lowest BCUT2D eigenvalue weighted by molar-refractivity contribution is 0.0766. The lowest BCUT2D eigenvalue weighted by Gasteiger charge is -2.20. The van der Waals surface area contributed by atoms with E-state index < -0.39 is 0 Å². The summed E-state index contributed by atoms with van der Waals surface area (Å²) in [5, 5.41) is 2.84. The van der Waals surface area contributed by atoms with Gasteiger partial charge in [-0.3, -0.25) is 9.59 Å². The fourth-order valence-corrected chi connectivity index (χ4v) is 3.65. The van der Waals surface area contributed by atoms with Crippen LogP contribution < -0.4 is 5.32 Å². The van der Waals surface area contributed by atoms with Crippen molar-refractivity contribution in [3.8, 4) is 0 Å². The Labute approximate surface area is 169 Å². The first kappa shape index (κ1) is 19.0. The number of benzene rings is 1. The summed E-state index contributed by atoms with van der Waals surface area (Å²) < 4.78 is 7.17. The van der Waals surface area contributed by atoms with Crippen LogP contribution in [0.5, 0.6) is 0 Å². The lowest BCUT2D eigenvalue weighted by Crippen LogP contribution is -2.30. The molecule has 7 heteroatoms. The highest BCUT2D eigenvalue weighted by Gasteiger charge is 2.28. The normalized spacial score (nSPS) is 13.0. The molecule has 3 heterocycles. The van der Waals surface area contributed by atoms with E-state index in [1.807, 2.05) is 34.9 Å². The van der Waals surface area contributed by atoms with Gasteiger partial charge in [0.05, 0.1) is 18.5 Å². The maximum Gasteiger partial charge on any atom is 0.289 e. The van der Waals surface area contributed by atoms with Crippen molar-refractivity contribution in [2.24, 2.45) is 0 Å². The van der Waals surface area contributed by atoms with Crippen molar-refractivity contribution < 1.29 is 14.0 Å². The standard InChI is InChI=1S/C22H24N4O3/c1-25(15-16-8-3-2-4-9-16)22(28)20-24-19(18-11-5-6-12-26(18)20)21(27)23-14-17-10-7-13-29-17/h2-4,7-10,13H,5-6,11-12,14-15H2,1H3,(H,23,27). The number of imidazole rings is 1. The van der Waals surface area contributed by atoms with Crippen LogP contribution in [0.2, 0.25) is 0 Å². The minimum Gasteiger partial charge on any atom is -0.467 e. The molecule has 2 amide bonds. The maximum absolute atomic E-state index is 13.1. The molecule has 0 saturated carbocycles. The Morgan fingerprint density at radius 3 is 2.76 bits per heavy atom. The molecule has 29 heavy (non-hydrogen) atoms. The Morgan fingerprint density at radius 1 is 1.17 bits per heavy atom. The Balaban J connectivity index is 1.55. The average Bonchev–Trinajstić information content (AvgIpc) is 3.40. The second-order valence-corrected chi connectivity index (χ2v) is 7.25. The largest absolute Gasteiger partial charge is 0.467 e. The van der Waals surface area contributed by atoms with Crippen LogP contribution in [0.1, 0.15) is 51.0 Å². The third-order valence-electron chi connectivity index (χ3n) is 5.14. The molecule has 0 saturated heterocycles. The molecule has 0 fully saturated rings. The van der Waals surface area contributed by atoms with E-state index in [1.54, 1.807) is 30.3 Å². The molecule has 0 aliphatic carbocycles. The second kappa shape index (κ2) is 8.34. The highest BCUT2D eigenvalue weighted by molar-refractivity contribution is 5.97. The fourth-order valence-electron chi connectivity index (χ4n) is 3.65. The Hall–Kier alpha value is -3.35. The minimum atomic E-state index is -0.281. The summed E-state index contributed by atoms with van der Waals surface area (Å²) >= 11 is 0. The predicted octanol–water partition coefficient (Wildman–Crippen LogP) is 3.01. The monoisotopic (exact) mass is 392 g/mol. The van der Waals surface area contributed by atoms with E-state index >= 15 is 0 Å². The molecule has 2 aromatic heterocycles. The third kappa shape index (κ3) is 4.08. The summed E-state index contributed by atoms with van der Waals surface area (Å²) in [4.78, 5) is 32.0. The van der Waals surface area contributed by atoms with Gasteiger partial charge in [0.2, 0.25) is 0 Å². The van der Waals surface area contributed by atoms with Crippen molar-refractivity contribution in [3.63, 3.8) is 0 Å². The van der Waals surface area contributed by atoms with Gasteiger partial charge >= 0.3 is 0 Å². The van der Waals surface area contributed by atoms with Gasteiger partial charge in [-0.15, -0.1) is 0 Å². The Kier molecular flexibility index (Phi) is 5.46. The summed E-state index contributed by atoms with van der Waals surface area (Å²) in [6, 6.07) is 13.4. The van der Waals surface area contributed by atoms with E-state index in [0.717, 1.165) is 30.5 Å². The van der Waals surface area contributed by atoms with Crippen LogP contribution in [0.3, 0.4) is 0 Å². The molecule has 3 aromatic rings. The van der Waals surface area contributed by atoms with E-state index in [0.29, 0.717) is 30.4 Å². The van der Waals surface area contributed by atoms with Crippen molar-refractivity contribution in [3.05, 3.63) is 77.3 Å². The van der Waals surface area contributed by atoms with Crippen molar-refractivity contribution >= 4 is 11.8 Å². The second-order valence-electron chi connectivity index (χ2n) is 7.25. The van der Waals surface area contributed by atoms with E-state index in [1.165, 1.54) is 0 Å². The number of carbonyl (C=O) groups excluding carboxylic acids is 2. The highest BCUT2D eigenvalue weighted by Crippen LogP contribution is 2.22. The molecule has 1 aliphatic rings. The quantitative estimate of drug-likeness (QED) is 0.699. The van der Waals surface area contributed by atoms with Crippen LogP contribution in [-0.4, -0.2) is 33.3 Å². The minimum absolute atomic E-state index is 0.179. The van der Waals surface area contributed by atoms with Crippen LogP contribution in [0.25, 0.3) is 0 Å². The van der Waals surface area contributed by atoms with Gasteiger partial charge in [0.25, 0.3) is 11.8 Å². The molecule has 0 radical (unpaired) electrons. The number of hydrogen-bond donors (Lipinski definition) is 1. The lowest BCUT2D eigenvalue weighted by atomic mass is 10.1. The first-order chi connectivity index (χ1) is 14.1. The number of fused-ring (bicyclic) bond motifs is 1. The summed E-state index contributed by atoms with van der Waals surface area (Å²) in [5.74, 6) is 0.547. The molecule has 150 valence electrons. The molecule has 0 unspecified atom stereocenters. The van der Waals surface area contributed by atoms with E-state index in [2.05, 4.69) is 10.3 Å². The first-order valence-electron chi connectivity index (χ1n) is 9.83. The first-order valence-corrected chi connectivity index (χ1v) is 9.83. The fraction of sp³-hybridized carbons (Fsp3) is 0.318. The number of hydrogen-bond acceptors (Lipinski definition) is 4. The Bertz CT molecular complexity index is 993. The van der Waals surface area contributed by atoms with E-state index in [-0.39, 0.29) is 18.4 Å². The van der Waals surface area contributed by atoms with Gasteiger partial charge in [0.15, 0.2) is 5.82 Å². The van der Waals surface area contributed by atoms with Crippen molar-refractivity contribution in [1.82, 2.24) is 19.8 Å². The number of furan rings is 1. The number of rotatable bonds is 6. The van der Waals surface area contributed by atoms with Crippen LogP contribution in [-0.2, 0) is 26.1 Å². The van der Waals surface area contributed by atoms with Crippen LogP contribution in [0, 0.1) is 0 Å². The number of nitrogens with zero attached hydrogens (tertiary/aromatic N) is 3. The van der Waals surface area contributed by atoms with Gasteiger partial charge in [-0.05, 0) is 37.0 Å². The van der Waals surface area contributed by atoms with E-state index in [9.17, 15) is 9.59 Å². The van der Waals surface area contributed by atoms with Gasteiger partial charge in [0.1, 0.15) is 11.5 Å². The highest BCUT2D eigenvalue weighted by atomic mass is 16.3. The zero-order chi connectivity index (χ0) is 20.2. The van der Waals surface area contributed by atoms with Gasteiger partial charge in [-0.1, -0.05) is 30.3 Å². The van der Waals surface area contributed by atoms with Crippen LogP contribution in [0.4, 0.5) is 0 Å². The third-order valence-corrected chi connectivity index (χ3v) is 5.14. The number of nitrogens with one attached hydrogen (secondary N) is 1. The predicted molar refractivity (Wildman–Crippen MR) is 107 cm³/mol. The zero-order valence-corrected chi connectivity index (χ0v) is 16.4. The summed E-state index contributed by atoms with van der Waals surface area (Å²) in [6.45, 7) is 1.48. The molecule has 4 rings (SSSR count). The summed E-state index contributed by atoms with van der Waals surface area (Å²) in [7, 11) is 1.76. The van der Waals surface area contributed by atoms with Crippen LogP contribution in [0.15, 0.2) is 53.1 Å². The van der Waals surface area contributed by atoms with Gasteiger partial charge in [-0.2, -0.15) is 0 Å². The van der Waals surface area contributed by atoms with Gasteiger partial charge in [0, 0.05) is 20.1 Å². The summed E-state index contributed by atoms with van der Waals surface area (Å²) in [5.41, 5.74) is 2.22. The molecule has 7 nitrogen and oxygen atoms in total. The van der Waals surface area contributed by atoms with E-state index in [4.69, 9.17) is 4.42 Å². The van der Waals surface area contributed by atoms with Crippen molar-refractivity contribution in [2.75, 3.05) is 7.05 Å². The molecule has 1 aliphatic heterocycles. The molecule has 0 spiro atoms. The summed E-state index contributed by atoms with van der Waals surface area (Å²) in [6.07, 6.45) is 4.27. The van der Waals surface area contributed by atoms with Crippen molar-refractivity contribution in [1.29, 1.82) is 0 Å². The van der Waals surface area contributed by atoms with Gasteiger partial charge < -0.3 is 19.2 Å². The SMILES string of the molecule is CN(Cc1ccccc1)C(=O)c1nc(C(=O)NCc2ccco2)c2n1CCCC2. The molecule has 1 N–H and O–H groups in total. The smallest absolute Gasteiger partial charge is 0.289 e. The number of aromatic nitrogens is 2. The average molecular weight is 392 g/mol. The van der Waals surface area contributed by atoms with Gasteiger partial charge in [-0.25, -0.2) is 4.98 Å². The molecular formula is C22H24N4O3. The van der Waals surface area contributed by atoms with Crippen LogP contribution >= 0.6 is 0 Å². The molecular weight excluding hydrogens is 368 g/mol.